The molecular weight excluding hydrogens is 180 g/mol. The van der Waals surface area contributed by atoms with Crippen LogP contribution in [0.25, 0.3) is 0 Å². The van der Waals surface area contributed by atoms with Crippen molar-refractivity contribution in [3.63, 3.8) is 0 Å². The van der Waals surface area contributed by atoms with Gasteiger partial charge >= 0.3 is 5.97 Å². The van der Waals surface area contributed by atoms with Crippen molar-refractivity contribution in [3.8, 4) is 0 Å². The van der Waals surface area contributed by atoms with E-state index in [4.69, 9.17) is 0 Å². The Morgan fingerprint density at radius 3 is 2.86 bits per heavy atom. The van der Waals surface area contributed by atoms with E-state index < -0.39 is 0 Å². The van der Waals surface area contributed by atoms with Crippen molar-refractivity contribution in [2.75, 3.05) is 25.3 Å². The first kappa shape index (κ1) is 9.02. The molecule has 74 valence electrons. The minimum Gasteiger partial charge on any atom is -0.465 e. The second-order valence-corrected chi connectivity index (χ2v) is 3.15. The largest absolute Gasteiger partial charge is 0.465 e. The number of ether oxygens (including phenoxy) is 1. The summed E-state index contributed by atoms with van der Waals surface area (Å²) in [7, 11) is 1.39. The Morgan fingerprint density at radius 1 is 1.50 bits per heavy atom. The van der Waals surface area contributed by atoms with Gasteiger partial charge in [-0.2, -0.15) is 0 Å². The van der Waals surface area contributed by atoms with Crippen LogP contribution in [0.3, 0.4) is 0 Å². The maximum absolute atomic E-state index is 11.2. The molecule has 0 spiro atoms. The number of hydrogen-bond acceptors (Lipinski definition) is 4. The summed E-state index contributed by atoms with van der Waals surface area (Å²) in [6, 6.07) is 7.43. The van der Waals surface area contributed by atoms with Crippen LogP contribution in [0.5, 0.6) is 0 Å². The first-order valence-corrected chi connectivity index (χ1v) is 4.45. The molecule has 0 unspecified atom stereocenters. The number of anilines is 1. The molecule has 0 atom stereocenters. The minimum absolute atomic E-state index is 0.291. The lowest BCUT2D eigenvalue weighted by molar-refractivity contribution is 0.0601. The number of nitrogens with zero attached hydrogens (tertiary/aromatic N) is 1. The van der Waals surface area contributed by atoms with Crippen molar-refractivity contribution in [1.29, 1.82) is 0 Å². The molecule has 14 heavy (non-hydrogen) atoms. The van der Waals surface area contributed by atoms with Crippen LogP contribution in [0.2, 0.25) is 0 Å². The maximum Gasteiger partial charge on any atom is 0.337 e. The van der Waals surface area contributed by atoms with Gasteiger partial charge in [-0.3, -0.25) is 5.32 Å². The fourth-order valence-corrected chi connectivity index (χ4v) is 1.35. The third-order valence-corrected chi connectivity index (χ3v) is 2.24. The third kappa shape index (κ3) is 1.56. The average Bonchev–Trinajstić information content (AvgIpc) is 2.14. The van der Waals surface area contributed by atoms with Crippen molar-refractivity contribution >= 4 is 11.7 Å². The van der Waals surface area contributed by atoms with E-state index in [1.54, 1.807) is 6.07 Å². The van der Waals surface area contributed by atoms with Gasteiger partial charge in [-0.25, -0.2) is 4.79 Å². The SMILES string of the molecule is COC(=O)c1cccc(N2CNC2)c1. The summed E-state index contributed by atoms with van der Waals surface area (Å²) in [5.41, 5.74) is 1.64. The van der Waals surface area contributed by atoms with Crippen LogP contribution < -0.4 is 10.2 Å². The summed E-state index contributed by atoms with van der Waals surface area (Å²) in [6.45, 7) is 1.68. The van der Waals surface area contributed by atoms with Crippen LogP contribution in [0.1, 0.15) is 10.4 Å². The van der Waals surface area contributed by atoms with E-state index in [0.717, 1.165) is 19.0 Å². The minimum atomic E-state index is -0.291. The summed E-state index contributed by atoms with van der Waals surface area (Å²) in [4.78, 5) is 13.4. The Bertz CT molecular complexity index is 348. The predicted molar refractivity (Wildman–Crippen MR) is 53.1 cm³/mol. The highest BCUT2D eigenvalue weighted by Crippen LogP contribution is 2.17. The zero-order valence-corrected chi connectivity index (χ0v) is 7.99. The van der Waals surface area contributed by atoms with Crippen molar-refractivity contribution in [1.82, 2.24) is 5.32 Å². The Balaban J connectivity index is 2.21. The smallest absolute Gasteiger partial charge is 0.337 e. The number of benzene rings is 1. The predicted octanol–water partition coefficient (Wildman–Crippen LogP) is 0.798. The number of carbonyl (C=O) groups excluding carboxylic acids is 1. The number of esters is 1. The van der Waals surface area contributed by atoms with Crippen molar-refractivity contribution < 1.29 is 9.53 Å². The van der Waals surface area contributed by atoms with Gasteiger partial charge < -0.3 is 9.64 Å². The summed E-state index contributed by atoms with van der Waals surface area (Å²) >= 11 is 0. The Kier molecular flexibility index (Phi) is 2.37. The topological polar surface area (TPSA) is 41.6 Å². The second-order valence-electron chi connectivity index (χ2n) is 3.15. The molecule has 4 nitrogen and oxygen atoms in total. The van der Waals surface area contributed by atoms with Crippen molar-refractivity contribution in [2.45, 2.75) is 0 Å². The fraction of sp³-hybridized carbons (Fsp3) is 0.300. The van der Waals surface area contributed by atoms with Crippen LogP contribution in [-0.4, -0.2) is 26.4 Å². The van der Waals surface area contributed by atoms with Gasteiger partial charge in [0.15, 0.2) is 0 Å². The van der Waals surface area contributed by atoms with Crippen LogP contribution in [0.15, 0.2) is 24.3 Å². The van der Waals surface area contributed by atoms with E-state index in [0.29, 0.717) is 5.56 Å². The third-order valence-electron chi connectivity index (χ3n) is 2.24. The molecule has 1 aromatic rings. The standard InChI is InChI=1S/C10H12N2O2/c1-14-10(13)8-3-2-4-9(5-8)12-6-11-7-12/h2-5,11H,6-7H2,1H3. The molecule has 0 amide bonds. The molecule has 0 saturated carbocycles. The van der Waals surface area contributed by atoms with Gasteiger partial charge in [0.05, 0.1) is 26.0 Å². The molecular formula is C10H12N2O2. The Morgan fingerprint density at radius 2 is 2.29 bits per heavy atom. The highest BCUT2D eigenvalue weighted by atomic mass is 16.5. The highest BCUT2D eigenvalue weighted by molar-refractivity contribution is 5.90. The molecule has 1 aromatic carbocycles. The molecule has 2 rings (SSSR count). The molecule has 1 aliphatic heterocycles. The number of methoxy groups -OCH3 is 1. The average molecular weight is 192 g/mol. The van der Waals surface area contributed by atoms with Gasteiger partial charge in [-0.05, 0) is 18.2 Å². The monoisotopic (exact) mass is 192 g/mol. The summed E-state index contributed by atoms with van der Waals surface area (Å²) in [6.07, 6.45) is 0. The van der Waals surface area contributed by atoms with Gasteiger partial charge in [-0.1, -0.05) is 6.07 Å². The second kappa shape index (κ2) is 3.67. The summed E-state index contributed by atoms with van der Waals surface area (Å²) in [5, 5.41) is 3.13. The number of carbonyl (C=O) groups is 1. The molecule has 1 aliphatic rings. The highest BCUT2D eigenvalue weighted by Gasteiger charge is 2.14. The van der Waals surface area contributed by atoms with E-state index in [9.17, 15) is 4.79 Å². The zero-order chi connectivity index (χ0) is 9.97. The Labute approximate surface area is 82.5 Å². The van der Waals surface area contributed by atoms with Gasteiger partial charge in [0.25, 0.3) is 0 Å². The lowest BCUT2D eigenvalue weighted by Crippen LogP contribution is -2.52. The lowest BCUT2D eigenvalue weighted by atomic mass is 10.2. The fourth-order valence-electron chi connectivity index (χ4n) is 1.35. The van der Waals surface area contributed by atoms with E-state index in [-0.39, 0.29) is 5.97 Å². The van der Waals surface area contributed by atoms with Gasteiger partial charge in [0.2, 0.25) is 0 Å². The van der Waals surface area contributed by atoms with Crippen LogP contribution >= 0.6 is 0 Å². The van der Waals surface area contributed by atoms with E-state index in [1.165, 1.54) is 7.11 Å². The lowest BCUT2D eigenvalue weighted by Gasteiger charge is -2.34. The molecule has 4 heteroatoms. The van der Waals surface area contributed by atoms with Gasteiger partial charge in [0, 0.05) is 5.69 Å². The van der Waals surface area contributed by atoms with E-state index >= 15 is 0 Å². The molecule has 0 aromatic heterocycles. The molecule has 0 bridgehead atoms. The van der Waals surface area contributed by atoms with Crippen LogP contribution in [-0.2, 0) is 4.74 Å². The van der Waals surface area contributed by atoms with Crippen molar-refractivity contribution in [3.05, 3.63) is 29.8 Å². The first-order chi connectivity index (χ1) is 6.81. The van der Waals surface area contributed by atoms with E-state index in [2.05, 4.69) is 15.0 Å². The summed E-state index contributed by atoms with van der Waals surface area (Å²) < 4.78 is 4.65. The maximum atomic E-state index is 11.2. The molecule has 1 heterocycles. The van der Waals surface area contributed by atoms with Crippen LogP contribution in [0.4, 0.5) is 5.69 Å². The number of hydrogen-bond donors (Lipinski definition) is 1. The first-order valence-electron chi connectivity index (χ1n) is 4.45. The number of nitrogens with one attached hydrogen (secondary N) is 1. The van der Waals surface area contributed by atoms with Gasteiger partial charge in [-0.15, -0.1) is 0 Å². The van der Waals surface area contributed by atoms with Gasteiger partial charge in [0.1, 0.15) is 0 Å². The quantitative estimate of drug-likeness (QED) is 0.704. The van der Waals surface area contributed by atoms with E-state index in [1.807, 2.05) is 18.2 Å². The Hall–Kier alpha value is -1.55. The molecule has 0 radical (unpaired) electrons. The normalized spacial score (nSPS) is 14.8. The molecule has 1 fully saturated rings. The molecule has 0 aliphatic carbocycles. The van der Waals surface area contributed by atoms with Crippen LogP contribution in [0, 0.1) is 0 Å². The van der Waals surface area contributed by atoms with Crippen molar-refractivity contribution in [2.24, 2.45) is 0 Å². The zero-order valence-electron chi connectivity index (χ0n) is 7.99. The molecule has 1 N–H and O–H groups in total. The summed E-state index contributed by atoms with van der Waals surface area (Å²) in [5.74, 6) is -0.291. The molecule has 1 saturated heterocycles. The number of rotatable bonds is 2.